The Morgan fingerprint density at radius 1 is 1.23 bits per heavy atom. The van der Waals surface area contributed by atoms with Gasteiger partial charge in [-0.15, -0.1) is 0 Å². The topological polar surface area (TPSA) is 73.9 Å². The molecule has 0 bridgehead atoms. The molecule has 1 atom stereocenters. The standard InChI is InChI=1S/C13H26NO5PS2/c1-5-8-9-14-12(15)10-11(13(16)17-4)22-20(21,18-6-2)19-7-3/h11H,5-10H2,1-4H3,(H,14,15). The second kappa shape index (κ2) is 12.3. The fourth-order valence-electron chi connectivity index (χ4n) is 1.51. The van der Waals surface area contributed by atoms with Gasteiger partial charge in [-0.3, -0.25) is 9.59 Å². The molecular weight excluding hydrogens is 345 g/mol. The summed E-state index contributed by atoms with van der Waals surface area (Å²) in [5.41, 5.74) is -2.66. The predicted molar refractivity (Wildman–Crippen MR) is 93.5 cm³/mol. The summed E-state index contributed by atoms with van der Waals surface area (Å²) < 4.78 is 15.8. The molecule has 130 valence electrons. The smallest absolute Gasteiger partial charge is 0.319 e. The molecule has 0 aromatic carbocycles. The minimum absolute atomic E-state index is 0.000404. The fourth-order valence-corrected chi connectivity index (χ4v) is 7.04. The second-order valence-electron chi connectivity index (χ2n) is 4.31. The molecule has 1 unspecified atom stereocenters. The van der Waals surface area contributed by atoms with Crippen molar-refractivity contribution in [2.75, 3.05) is 26.9 Å². The van der Waals surface area contributed by atoms with Gasteiger partial charge in [-0.1, -0.05) is 24.7 Å². The molecule has 0 heterocycles. The third kappa shape index (κ3) is 9.10. The highest BCUT2D eigenvalue weighted by Crippen LogP contribution is 2.63. The van der Waals surface area contributed by atoms with Gasteiger partial charge in [-0.05, 0) is 32.1 Å². The number of esters is 1. The Labute approximate surface area is 141 Å². The summed E-state index contributed by atoms with van der Waals surface area (Å²) in [5.74, 6) is -0.699. The van der Waals surface area contributed by atoms with E-state index in [-0.39, 0.29) is 12.3 Å². The van der Waals surface area contributed by atoms with E-state index < -0.39 is 16.9 Å². The minimum Gasteiger partial charge on any atom is -0.468 e. The van der Waals surface area contributed by atoms with E-state index in [1.54, 1.807) is 0 Å². The maximum atomic E-state index is 11.9. The van der Waals surface area contributed by atoms with Crippen molar-refractivity contribution in [3.8, 4) is 0 Å². The second-order valence-corrected chi connectivity index (χ2v) is 10.7. The van der Waals surface area contributed by atoms with Crippen LogP contribution in [0.25, 0.3) is 0 Å². The number of carbonyl (C=O) groups excluding carboxylic acids is 2. The Hall–Kier alpha value is -0.140. The van der Waals surface area contributed by atoms with Crippen molar-refractivity contribution in [1.82, 2.24) is 5.32 Å². The molecule has 0 spiro atoms. The molecule has 6 nitrogen and oxygen atoms in total. The fraction of sp³-hybridized carbons (Fsp3) is 0.846. The number of amides is 1. The van der Waals surface area contributed by atoms with Crippen LogP contribution in [0.3, 0.4) is 0 Å². The van der Waals surface area contributed by atoms with Crippen molar-refractivity contribution in [2.24, 2.45) is 0 Å². The lowest BCUT2D eigenvalue weighted by Crippen LogP contribution is -2.31. The first-order chi connectivity index (χ1) is 10.4. The number of hydrogen-bond donors (Lipinski definition) is 1. The summed E-state index contributed by atoms with van der Waals surface area (Å²) in [6, 6.07) is 0. The maximum Gasteiger partial charge on any atom is 0.319 e. The van der Waals surface area contributed by atoms with E-state index in [1.165, 1.54) is 7.11 Å². The van der Waals surface area contributed by atoms with Crippen LogP contribution in [0.4, 0.5) is 0 Å². The maximum absolute atomic E-state index is 11.9. The number of carbonyl (C=O) groups is 2. The van der Waals surface area contributed by atoms with Gasteiger partial charge in [0.2, 0.25) is 11.6 Å². The van der Waals surface area contributed by atoms with Crippen LogP contribution in [-0.2, 0) is 35.2 Å². The summed E-state index contributed by atoms with van der Waals surface area (Å²) in [6.45, 7) is 7.04. The molecule has 0 aliphatic heterocycles. The van der Waals surface area contributed by atoms with E-state index in [2.05, 4.69) is 5.32 Å². The van der Waals surface area contributed by atoms with Crippen LogP contribution in [0.15, 0.2) is 0 Å². The lowest BCUT2D eigenvalue weighted by Gasteiger charge is -2.23. The van der Waals surface area contributed by atoms with Gasteiger partial charge in [0.1, 0.15) is 5.25 Å². The minimum atomic E-state index is -2.66. The van der Waals surface area contributed by atoms with Crippen LogP contribution in [0, 0.1) is 0 Å². The lowest BCUT2D eigenvalue weighted by molar-refractivity contribution is -0.141. The zero-order chi connectivity index (χ0) is 17.0. The summed E-state index contributed by atoms with van der Waals surface area (Å²) >= 11 is 6.48. The van der Waals surface area contributed by atoms with Crippen LogP contribution in [-0.4, -0.2) is 44.0 Å². The van der Waals surface area contributed by atoms with Crippen LogP contribution < -0.4 is 5.32 Å². The molecule has 1 N–H and O–H groups in total. The molecule has 0 aliphatic rings. The quantitative estimate of drug-likeness (QED) is 0.321. The average molecular weight is 371 g/mol. The number of ether oxygens (including phenoxy) is 1. The third-order valence-corrected chi connectivity index (χ3v) is 8.12. The monoisotopic (exact) mass is 371 g/mol. The summed E-state index contributed by atoms with van der Waals surface area (Å²) in [6.07, 6.45) is 1.89. The average Bonchev–Trinajstić information content (AvgIpc) is 2.46. The van der Waals surface area contributed by atoms with Gasteiger partial charge in [-0.25, -0.2) is 0 Å². The van der Waals surface area contributed by atoms with Gasteiger partial charge in [0.25, 0.3) is 0 Å². The number of rotatable bonds is 12. The molecule has 1 amide bonds. The van der Waals surface area contributed by atoms with Crippen LogP contribution in [0.2, 0.25) is 0 Å². The van der Waals surface area contributed by atoms with Crippen molar-refractivity contribution in [3.05, 3.63) is 0 Å². The zero-order valence-corrected chi connectivity index (χ0v) is 16.2. The van der Waals surface area contributed by atoms with E-state index in [0.29, 0.717) is 19.8 Å². The predicted octanol–water partition coefficient (Wildman–Crippen LogP) is 2.87. The Balaban J connectivity index is 4.79. The van der Waals surface area contributed by atoms with Gasteiger partial charge in [0.05, 0.1) is 20.3 Å². The first-order valence-electron chi connectivity index (χ1n) is 7.34. The van der Waals surface area contributed by atoms with Crippen molar-refractivity contribution < 1.29 is 23.4 Å². The highest BCUT2D eigenvalue weighted by atomic mass is 32.9. The van der Waals surface area contributed by atoms with Crippen molar-refractivity contribution >= 4 is 40.8 Å². The zero-order valence-electron chi connectivity index (χ0n) is 13.6. The Kier molecular flexibility index (Phi) is 12.2. The summed E-state index contributed by atoms with van der Waals surface area (Å²) in [7, 11) is 1.29. The molecule has 0 fully saturated rings. The van der Waals surface area contributed by atoms with E-state index in [1.807, 2.05) is 20.8 Å². The highest BCUT2D eigenvalue weighted by molar-refractivity contribution is 8.68. The molecule has 0 aromatic rings. The van der Waals surface area contributed by atoms with Gasteiger partial charge in [-0.2, -0.15) is 0 Å². The molecule has 0 saturated heterocycles. The number of hydrogen-bond acceptors (Lipinski definition) is 7. The Morgan fingerprint density at radius 2 is 1.82 bits per heavy atom. The number of nitrogens with one attached hydrogen (secondary N) is 1. The normalized spacial score (nSPS) is 12.7. The first kappa shape index (κ1) is 21.9. The van der Waals surface area contributed by atoms with Gasteiger partial charge >= 0.3 is 5.97 Å². The summed E-state index contributed by atoms with van der Waals surface area (Å²) in [4.78, 5) is 23.8. The SMILES string of the molecule is CCCCNC(=O)CC(SP(=S)(OCC)OCC)C(=O)OC. The van der Waals surface area contributed by atoms with Gasteiger partial charge < -0.3 is 19.1 Å². The van der Waals surface area contributed by atoms with E-state index in [9.17, 15) is 9.59 Å². The van der Waals surface area contributed by atoms with Crippen molar-refractivity contribution in [2.45, 2.75) is 45.3 Å². The number of unbranched alkanes of at least 4 members (excludes halogenated alkanes) is 1. The largest absolute Gasteiger partial charge is 0.468 e. The van der Waals surface area contributed by atoms with Crippen LogP contribution in [0.5, 0.6) is 0 Å². The van der Waals surface area contributed by atoms with E-state index in [4.69, 9.17) is 25.6 Å². The Bertz CT molecular complexity index is 385. The molecule has 0 aliphatic carbocycles. The molecule has 0 rings (SSSR count). The molecular formula is C13H26NO5PS2. The molecule has 9 heteroatoms. The van der Waals surface area contributed by atoms with Crippen molar-refractivity contribution in [3.63, 3.8) is 0 Å². The van der Waals surface area contributed by atoms with Crippen molar-refractivity contribution in [1.29, 1.82) is 0 Å². The van der Waals surface area contributed by atoms with Crippen LogP contribution in [0.1, 0.15) is 40.0 Å². The summed E-state index contributed by atoms with van der Waals surface area (Å²) in [5, 5.41) is 2.05. The number of methoxy groups -OCH3 is 1. The molecule has 0 aromatic heterocycles. The first-order valence-corrected chi connectivity index (χ1v) is 11.5. The third-order valence-electron chi connectivity index (χ3n) is 2.52. The molecule has 0 saturated carbocycles. The van der Waals surface area contributed by atoms with Gasteiger partial charge in [0.15, 0.2) is 0 Å². The molecule has 22 heavy (non-hydrogen) atoms. The van der Waals surface area contributed by atoms with E-state index in [0.717, 1.165) is 24.2 Å². The van der Waals surface area contributed by atoms with Crippen LogP contribution >= 0.6 is 17.1 Å². The lowest BCUT2D eigenvalue weighted by atomic mass is 10.2. The Morgan fingerprint density at radius 3 is 2.27 bits per heavy atom. The van der Waals surface area contributed by atoms with Gasteiger partial charge in [0, 0.05) is 13.0 Å². The highest BCUT2D eigenvalue weighted by Gasteiger charge is 2.32. The van der Waals surface area contributed by atoms with E-state index >= 15 is 0 Å². The molecule has 0 radical (unpaired) electrons.